The smallest absolute Gasteiger partial charge is 0.236 e. The molecule has 0 aromatic heterocycles. The number of nitrogens with one attached hydrogen (secondary N) is 1. The Balaban J connectivity index is 0.00000363. The zero-order valence-corrected chi connectivity index (χ0v) is 21.3. The molecule has 2 aliphatic rings. The van der Waals surface area contributed by atoms with Gasteiger partial charge in [-0.1, -0.05) is 25.0 Å². The van der Waals surface area contributed by atoms with Crippen LogP contribution in [0, 0.1) is 5.82 Å². The van der Waals surface area contributed by atoms with E-state index in [1.807, 2.05) is 11.8 Å². The van der Waals surface area contributed by atoms with Crippen LogP contribution in [0.5, 0.6) is 0 Å². The molecule has 1 unspecified atom stereocenters. The second-order valence-electron chi connectivity index (χ2n) is 8.32. The molecule has 32 heavy (non-hydrogen) atoms. The average molecular weight is 561 g/mol. The minimum atomic E-state index is -0.776. The topological polar surface area (TPSA) is 71.4 Å². The van der Waals surface area contributed by atoms with Crippen LogP contribution in [0.4, 0.5) is 4.39 Å². The first-order valence-corrected chi connectivity index (χ1v) is 11.5. The minimum absolute atomic E-state index is 0. The number of aliphatic hydroxyl groups is 1. The molecule has 0 radical (unpaired) electrons. The van der Waals surface area contributed by atoms with Crippen molar-refractivity contribution < 1.29 is 14.3 Å². The van der Waals surface area contributed by atoms with Crippen LogP contribution in [0.3, 0.4) is 0 Å². The molecule has 2 fully saturated rings. The van der Waals surface area contributed by atoms with Gasteiger partial charge in [0.25, 0.3) is 0 Å². The molecule has 1 amide bonds. The van der Waals surface area contributed by atoms with Gasteiger partial charge in [0.2, 0.25) is 5.91 Å². The number of piperazine rings is 1. The lowest BCUT2D eigenvalue weighted by Gasteiger charge is -2.37. The fourth-order valence-electron chi connectivity index (χ4n) is 4.12. The van der Waals surface area contributed by atoms with Gasteiger partial charge in [-0.3, -0.25) is 14.7 Å². The molecule has 2 heterocycles. The van der Waals surface area contributed by atoms with Crippen molar-refractivity contribution in [1.29, 1.82) is 0 Å². The van der Waals surface area contributed by atoms with E-state index < -0.39 is 6.10 Å². The van der Waals surface area contributed by atoms with Crippen LogP contribution in [0.2, 0.25) is 0 Å². The number of amides is 1. The molecule has 9 heteroatoms. The molecule has 2 saturated heterocycles. The second kappa shape index (κ2) is 13.9. The zero-order chi connectivity index (χ0) is 22.1. The van der Waals surface area contributed by atoms with Crippen molar-refractivity contribution in [1.82, 2.24) is 20.0 Å². The highest BCUT2D eigenvalue weighted by Crippen LogP contribution is 2.14. The predicted molar refractivity (Wildman–Crippen MR) is 136 cm³/mol. The van der Waals surface area contributed by atoms with E-state index in [4.69, 9.17) is 0 Å². The van der Waals surface area contributed by atoms with Crippen molar-refractivity contribution in [2.24, 2.45) is 4.99 Å². The van der Waals surface area contributed by atoms with E-state index in [9.17, 15) is 14.3 Å². The molecule has 180 valence electrons. The van der Waals surface area contributed by atoms with Crippen LogP contribution in [0.25, 0.3) is 0 Å². The number of guanidine groups is 1. The lowest BCUT2D eigenvalue weighted by Crippen LogP contribution is -2.54. The van der Waals surface area contributed by atoms with E-state index in [-0.39, 0.29) is 42.2 Å². The summed E-state index contributed by atoms with van der Waals surface area (Å²) in [7, 11) is 0. The monoisotopic (exact) mass is 561 g/mol. The van der Waals surface area contributed by atoms with Crippen LogP contribution in [0.15, 0.2) is 29.3 Å². The van der Waals surface area contributed by atoms with Crippen molar-refractivity contribution in [3.05, 3.63) is 35.6 Å². The van der Waals surface area contributed by atoms with Gasteiger partial charge >= 0.3 is 0 Å². The van der Waals surface area contributed by atoms with E-state index in [1.165, 1.54) is 25.0 Å². The van der Waals surface area contributed by atoms with Crippen LogP contribution in [-0.2, 0) is 4.79 Å². The standard InChI is InChI=1S/C23H36FN5O2.HI/c1-2-25-23(26-17-21(30)19-7-9-20(24)10-8-19)29-15-13-27(14-16-29)18-22(31)28-11-5-3-4-6-12-28;/h7-10,21,30H,2-6,11-18H2,1H3,(H,25,26);1H. The van der Waals surface area contributed by atoms with E-state index >= 15 is 0 Å². The highest BCUT2D eigenvalue weighted by molar-refractivity contribution is 14.0. The van der Waals surface area contributed by atoms with E-state index in [0.717, 1.165) is 64.6 Å². The SMILES string of the molecule is CCNC(=NCC(O)c1ccc(F)cc1)N1CCN(CC(=O)N2CCCCCC2)CC1.I. The summed E-state index contributed by atoms with van der Waals surface area (Å²) in [5.74, 6) is 0.695. The molecule has 1 atom stereocenters. The van der Waals surface area contributed by atoms with Gasteiger partial charge in [-0.05, 0) is 37.5 Å². The van der Waals surface area contributed by atoms with Gasteiger partial charge in [-0.2, -0.15) is 0 Å². The summed E-state index contributed by atoms with van der Waals surface area (Å²) in [6.45, 7) is 8.43. The van der Waals surface area contributed by atoms with Crippen LogP contribution in [-0.4, -0.2) is 90.6 Å². The Morgan fingerprint density at radius 3 is 2.25 bits per heavy atom. The normalized spacial score (nSPS) is 19.2. The summed E-state index contributed by atoms with van der Waals surface area (Å²) in [6.07, 6.45) is 3.91. The number of aliphatic hydroxyl groups excluding tert-OH is 1. The number of halogens is 2. The summed E-state index contributed by atoms with van der Waals surface area (Å²) in [5.41, 5.74) is 0.651. The van der Waals surface area contributed by atoms with Crippen molar-refractivity contribution in [2.75, 3.05) is 58.9 Å². The Bertz CT molecular complexity index is 718. The second-order valence-corrected chi connectivity index (χ2v) is 8.32. The predicted octanol–water partition coefficient (Wildman–Crippen LogP) is 2.46. The number of nitrogens with zero attached hydrogens (tertiary/aromatic N) is 4. The van der Waals surface area contributed by atoms with Crippen LogP contribution < -0.4 is 5.32 Å². The fraction of sp³-hybridized carbons (Fsp3) is 0.652. The number of benzene rings is 1. The maximum absolute atomic E-state index is 13.1. The molecule has 0 bridgehead atoms. The molecule has 2 N–H and O–H groups in total. The molecule has 7 nitrogen and oxygen atoms in total. The number of hydrogen-bond acceptors (Lipinski definition) is 4. The van der Waals surface area contributed by atoms with Gasteiger partial charge in [-0.15, -0.1) is 24.0 Å². The summed E-state index contributed by atoms with van der Waals surface area (Å²) in [4.78, 5) is 23.7. The Morgan fingerprint density at radius 1 is 1.03 bits per heavy atom. The number of hydrogen-bond donors (Lipinski definition) is 2. The maximum atomic E-state index is 13.1. The minimum Gasteiger partial charge on any atom is -0.386 e. The first-order valence-electron chi connectivity index (χ1n) is 11.5. The number of carbonyl (C=O) groups is 1. The third kappa shape index (κ3) is 8.15. The number of aliphatic imine (C=N–C) groups is 1. The summed E-state index contributed by atoms with van der Waals surface area (Å²) in [6, 6.07) is 5.87. The third-order valence-electron chi connectivity index (χ3n) is 5.99. The summed E-state index contributed by atoms with van der Waals surface area (Å²) >= 11 is 0. The van der Waals surface area contributed by atoms with Gasteiger partial charge in [0.05, 0.1) is 19.2 Å². The quantitative estimate of drug-likeness (QED) is 0.318. The van der Waals surface area contributed by atoms with Crippen LogP contribution >= 0.6 is 24.0 Å². The Hall–Kier alpha value is -1.46. The van der Waals surface area contributed by atoms with Gasteiger partial charge in [-0.25, -0.2) is 4.39 Å². The van der Waals surface area contributed by atoms with Crippen molar-refractivity contribution in [3.63, 3.8) is 0 Å². The lowest BCUT2D eigenvalue weighted by atomic mass is 10.1. The molecular weight excluding hydrogens is 524 g/mol. The summed E-state index contributed by atoms with van der Waals surface area (Å²) < 4.78 is 13.1. The first kappa shape index (κ1) is 26.8. The number of rotatable bonds is 6. The highest BCUT2D eigenvalue weighted by atomic mass is 127. The Labute approximate surface area is 208 Å². The molecule has 0 aliphatic carbocycles. The lowest BCUT2D eigenvalue weighted by molar-refractivity contribution is -0.132. The average Bonchev–Trinajstić information content (AvgIpc) is 3.07. The largest absolute Gasteiger partial charge is 0.386 e. The number of carbonyl (C=O) groups excluding carboxylic acids is 1. The van der Waals surface area contributed by atoms with Crippen molar-refractivity contribution in [2.45, 2.75) is 38.7 Å². The number of likely N-dealkylation sites (tertiary alicyclic amines) is 1. The molecule has 0 saturated carbocycles. The van der Waals surface area contributed by atoms with Gasteiger partial charge in [0.1, 0.15) is 5.82 Å². The van der Waals surface area contributed by atoms with E-state index in [0.29, 0.717) is 12.1 Å². The highest BCUT2D eigenvalue weighted by Gasteiger charge is 2.24. The van der Waals surface area contributed by atoms with Crippen LogP contribution in [0.1, 0.15) is 44.3 Å². The van der Waals surface area contributed by atoms with Gasteiger partial charge < -0.3 is 20.2 Å². The van der Waals surface area contributed by atoms with Gasteiger partial charge in [0, 0.05) is 45.8 Å². The molecule has 1 aromatic carbocycles. The molecule has 2 aliphatic heterocycles. The molecule has 0 spiro atoms. The Morgan fingerprint density at radius 2 is 1.66 bits per heavy atom. The maximum Gasteiger partial charge on any atom is 0.236 e. The first-order chi connectivity index (χ1) is 15.1. The molecule has 1 aromatic rings. The fourth-order valence-corrected chi connectivity index (χ4v) is 4.12. The Kier molecular flexibility index (Phi) is 11.7. The zero-order valence-electron chi connectivity index (χ0n) is 19.0. The van der Waals surface area contributed by atoms with Crippen molar-refractivity contribution >= 4 is 35.8 Å². The summed E-state index contributed by atoms with van der Waals surface area (Å²) in [5, 5.41) is 13.7. The molecular formula is C23H37FIN5O2. The van der Waals surface area contributed by atoms with E-state index in [1.54, 1.807) is 12.1 Å². The van der Waals surface area contributed by atoms with Crippen molar-refractivity contribution in [3.8, 4) is 0 Å². The third-order valence-corrected chi connectivity index (χ3v) is 5.99. The van der Waals surface area contributed by atoms with E-state index in [2.05, 4.69) is 20.1 Å². The molecule has 3 rings (SSSR count). The van der Waals surface area contributed by atoms with Gasteiger partial charge in [0.15, 0.2) is 5.96 Å².